The molecule has 1 aliphatic heterocycles. The molecule has 1 N–H and O–H groups in total. The van der Waals surface area contributed by atoms with Gasteiger partial charge in [-0.1, -0.05) is 19.1 Å². The Kier molecular flexibility index (Phi) is 4.03. The molecule has 0 saturated carbocycles. The van der Waals surface area contributed by atoms with Gasteiger partial charge in [0.05, 0.1) is 12.1 Å². The van der Waals surface area contributed by atoms with Crippen LogP contribution in [-0.4, -0.2) is 19.8 Å². The van der Waals surface area contributed by atoms with Crippen LogP contribution in [0.3, 0.4) is 0 Å². The lowest BCUT2D eigenvalue weighted by Crippen LogP contribution is -2.32. The Labute approximate surface area is 109 Å². The van der Waals surface area contributed by atoms with Crippen molar-refractivity contribution in [2.45, 2.75) is 39.3 Å². The molecule has 0 aromatic heterocycles. The summed E-state index contributed by atoms with van der Waals surface area (Å²) in [7, 11) is 1.94. The molecule has 1 aromatic carbocycles. The summed E-state index contributed by atoms with van der Waals surface area (Å²) in [4.78, 5) is 0. The van der Waals surface area contributed by atoms with E-state index in [1.807, 2.05) is 33.0 Å². The lowest BCUT2D eigenvalue weighted by molar-refractivity contribution is 0.0631. The van der Waals surface area contributed by atoms with Gasteiger partial charge >= 0.3 is 0 Å². The minimum Gasteiger partial charge on any atom is -0.376 e. The van der Waals surface area contributed by atoms with Crippen LogP contribution >= 0.6 is 0 Å². The average molecular weight is 251 g/mol. The summed E-state index contributed by atoms with van der Waals surface area (Å²) in [5.41, 5.74) is 2.53. The van der Waals surface area contributed by atoms with Crippen LogP contribution in [0.5, 0.6) is 0 Å². The average Bonchev–Trinajstić information content (AvgIpc) is 2.74. The van der Waals surface area contributed by atoms with Gasteiger partial charge in [0.1, 0.15) is 5.82 Å². The molecule has 0 amide bonds. The number of hydrogen-bond acceptors (Lipinski definition) is 2. The zero-order valence-electron chi connectivity index (χ0n) is 11.6. The summed E-state index contributed by atoms with van der Waals surface area (Å²) in [6, 6.07) is 4.00. The molecule has 100 valence electrons. The first-order valence-electron chi connectivity index (χ1n) is 6.60. The van der Waals surface area contributed by atoms with Crippen molar-refractivity contribution in [3.8, 4) is 0 Å². The maximum absolute atomic E-state index is 13.7. The first-order chi connectivity index (χ1) is 8.54. The highest BCUT2D eigenvalue weighted by atomic mass is 19.1. The Morgan fingerprint density at radius 1 is 1.33 bits per heavy atom. The maximum atomic E-state index is 13.7. The predicted molar refractivity (Wildman–Crippen MR) is 71.2 cm³/mol. The number of hydrogen-bond donors (Lipinski definition) is 1. The minimum absolute atomic E-state index is 0.103. The number of halogens is 1. The third kappa shape index (κ3) is 2.43. The van der Waals surface area contributed by atoms with Crippen LogP contribution < -0.4 is 5.32 Å². The second-order valence-corrected chi connectivity index (χ2v) is 5.34. The van der Waals surface area contributed by atoms with Crippen molar-refractivity contribution in [1.29, 1.82) is 0 Å². The quantitative estimate of drug-likeness (QED) is 0.891. The smallest absolute Gasteiger partial charge is 0.129 e. The molecule has 18 heavy (non-hydrogen) atoms. The highest BCUT2D eigenvalue weighted by Gasteiger charge is 2.32. The highest BCUT2D eigenvalue weighted by Crippen LogP contribution is 2.32. The fourth-order valence-electron chi connectivity index (χ4n) is 2.82. The molecule has 1 fully saturated rings. The standard InChI is InChI=1S/C15H22FNO/c1-9-5-6-18-15(9)14(17-4)12-7-10(2)13(16)11(3)8-12/h7-9,14-15,17H,5-6H2,1-4H3. The van der Waals surface area contributed by atoms with Crippen molar-refractivity contribution in [1.82, 2.24) is 5.32 Å². The van der Waals surface area contributed by atoms with E-state index in [-0.39, 0.29) is 18.0 Å². The maximum Gasteiger partial charge on any atom is 0.129 e. The van der Waals surface area contributed by atoms with E-state index in [0.29, 0.717) is 17.0 Å². The van der Waals surface area contributed by atoms with E-state index in [1.165, 1.54) is 0 Å². The number of likely N-dealkylation sites (N-methyl/N-ethyl adjacent to an activating group) is 1. The van der Waals surface area contributed by atoms with Crippen LogP contribution in [0.2, 0.25) is 0 Å². The van der Waals surface area contributed by atoms with Crippen molar-refractivity contribution < 1.29 is 9.13 Å². The molecule has 1 aromatic rings. The molecule has 3 unspecified atom stereocenters. The van der Waals surface area contributed by atoms with E-state index in [0.717, 1.165) is 18.6 Å². The topological polar surface area (TPSA) is 21.3 Å². The molecule has 3 heteroatoms. The number of rotatable bonds is 3. The van der Waals surface area contributed by atoms with Crippen molar-refractivity contribution >= 4 is 0 Å². The Morgan fingerprint density at radius 3 is 2.39 bits per heavy atom. The molecule has 0 radical (unpaired) electrons. The van der Waals surface area contributed by atoms with E-state index < -0.39 is 0 Å². The Hall–Kier alpha value is -0.930. The van der Waals surface area contributed by atoms with Crippen molar-refractivity contribution in [2.24, 2.45) is 5.92 Å². The van der Waals surface area contributed by atoms with Crippen LogP contribution in [0, 0.1) is 25.6 Å². The summed E-state index contributed by atoms with van der Waals surface area (Å²) in [5.74, 6) is 0.433. The molecule has 0 aliphatic carbocycles. The Bertz CT molecular complexity index is 409. The third-order valence-electron chi connectivity index (χ3n) is 3.90. The number of ether oxygens (including phenoxy) is 1. The van der Waals surface area contributed by atoms with Gasteiger partial charge in [0.2, 0.25) is 0 Å². The molecule has 1 aliphatic rings. The van der Waals surface area contributed by atoms with E-state index in [4.69, 9.17) is 4.74 Å². The van der Waals surface area contributed by atoms with Gasteiger partial charge in [-0.2, -0.15) is 0 Å². The SMILES string of the molecule is CNC(c1cc(C)c(F)c(C)c1)C1OCCC1C. The van der Waals surface area contributed by atoms with E-state index in [1.54, 1.807) is 0 Å². The summed E-state index contributed by atoms with van der Waals surface area (Å²) in [5, 5.41) is 3.32. The molecular weight excluding hydrogens is 229 g/mol. The molecule has 0 bridgehead atoms. The highest BCUT2D eigenvalue weighted by molar-refractivity contribution is 5.33. The summed E-state index contributed by atoms with van der Waals surface area (Å²) in [6.45, 7) is 6.67. The zero-order chi connectivity index (χ0) is 13.3. The second kappa shape index (κ2) is 5.37. The fraction of sp³-hybridized carbons (Fsp3) is 0.600. The van der Waals surface area contributed by atoms with E-state index in [9.17, 15) is 4.39 Å². The van der Waals surface area contributed by atoms with Gasteiger partial charge in [-0.15, -0.1) is 0 Å². The third-order valence-corrected chi connectivity index (χ3v) is 3.90. The predicted octanol–water partition coefficient (Wildman–Crippen LogP) is 3.13. The van der Waals surface area contributed by atoms with Crippen LogP contribution in [0.1, 0.15) is 36.1 Å². The molecular formula is C15H22FNO. The van der Waals surface area contributed by atoms with Gasteiger partial charge in [-0.05, 0) is 49.9 Å². The Balaban J connectivity index is 2.33. The number of nitrogens with one attached hydrogen (secondary N) is 1. The zero-order valence-corrected chi connectivity index (χ0v) is 11.6. The molecule has 3 atom stereocenters. The van der Waals surface area contributed by atoms with Crippen molar-refractivity contribution in [3.05, 3.63) is 34.6 Å². The second-order valence-electron chi connectivity index (χ2n) is 5.34. The lowest BCUT2D eigenvalue weighted by Gasteiger charge is -2.27. The molecule has 2 nitrogen and oxygen atoms in total. The largest absolute Gasteiger partial charge is 0.376 e. The van der Waals surface area contributed by atoms with Crippen LogP contribution in [0.4, 0.5) is 4.39 Å². The Morgan fingerprint density at radius 2 is 1.94 bits per heavy atom. The normalized spacial score (nSPS) is 25.4. The van der Waals surface area contributed by atoms with Gasteiger partial charge in [-0.25, -0.2) is 4.39 Å². The first-order valence-corrected chi connectivity index (χ1v) is 6.60. The summed E-state index contributed by atoms with van der Waals surface area (Å²) in [6.07, 6.45) is 1.28. The monoisotopic (exact) mass is 251 g/mol. The van der Waals surface area contributed by atoms with Crippen LogP contribution in [0.15, 0.2) is 12.1 Å². The van der Waals surface area contributed by atoms with Crippen LogP contribution in [0.25, 0.3) is 0 Å². The van der Waals surface area contributed by atoms with Crippen molar-refractivity contribution in [3.63, 3.8) is 0 Å². The van der Waals surface area contributed by atoms with Gasteiger partial charge in [-0.3, -0.25) is 0 Å². The van der Waals surface area contributed by atoms with Gasteiger partial charge in [0.25, 0.3) is 0 Å². The fourth-order valence-corrected chi connectivity index (χ4v) is 2.82. The molecule has 1 heterocycles. The summed E-state index contributed by atoms with van der Waals surface area (Å²) < 4.78 is 19.5. The lowest BCUT2D eigenvalue weighted by atomic mass is 9.91. The molecule has 0 spiro atoms. The number of aryl methyl sites for hydroxylation is 2. The number of benzene rings is 1. The van der Waals surface area contributed by atoms with Gasteiger partial charge < -0.3 is 10.1 Å². The van der Waals surface area contributed by atoms with Crippen LogP contribution in [-0.2, 0) is 4.74 Å². The van der Waals surface area contributed by atoms with Gasteiger partial charge in [0, 0.05) is 6.61 Å². The molecule has 2 rings (SSSR count). The first kappa shape index (κ1) is 13.5. The molecule has 1 saturated heterocycles. The summed E-state index contributed by atoms with van der Waals surface area (Å²) >= 11 is 0. The van der Waals surface area contributed by atoms with E-state index in [2.05, 4.69) is 12.2 Å². The van der Waals surface area contributed by atoms with Gasteiger partial charge in [0.15, 0.2) is 0 Å². The minimum atomic E-state index is -0.103. The van der Waals surface area contributed by atoms with Crippen molar-refractivity contribution in [2.75, 3.05) is 13.7 Å². The van der Waals surface area contributed by atoms with E-state index >= 15 is 0 Å².